The first-order valence-electron chi connectivity index (χ1n) is 19.8. The van der Waals surface area contributed by atoms with Crippen LogP contribution in [0.3, 0.4) is 0 Å². The predicted molar refractivity (Wildman–Crippen MR) is 245 cm³/mol. The second-order valence-electron chi connectivity index (χ2n) is 15.6. The van der Waals surface area contributed by atoms with Crippen LogP contribution in [0.15, 0.2) is 102 Å². The minimum absolute atomic E-state index is 0. The molecule has 0 bridgehead atoms. The quantitative estimate of drug-likeness (QED) is 0.0908. The van der Waals surface area contributed by atoms with Crippen molar-refractivity contribution in [3.05, 3.63) is 115 Å². The topological polar surface area (TPSA) is 71.3 Å². The van der Waals surface area contributed by atoms with Crippen LogP contribution in [-0.4, -0.2) is 45.2 Å². The number of ether oxygens (including phenoxy) is 2. The Labute approximate surface area is 391 Å². The summed E-state index contributed by atoms with van der Waals surface area (Å²) >= 11 is -0.553. The molecule has 0 aromatic heterocycles. The summed E-state index contributed by atoms with van der Waals surface area (Å²) in [7, 11) is 0. The van der Waals surface area contributed by atoms with Crippen molar-refractivity contribution >= 4 is 10.1 Å². The molecule has 2 rings (SSSR count). The molecule has 0 saturated heterocycles. The third-order valence-corrected chi connectivity index (χ3v) is 9.13. The molecule has 5 nitrogen and oxygen atoms in total. The molecule has 0 spiro atoms. The van der Waals surface area contributed by atoms with Gasteiger partial charge in [-0.2, -0.15) is 48.3 Å². The van der Waals surface area contributed by atoms with E-state index in [-0.39, 0.29) is 20.3 Å². The summed E-state index contributed by atoms with van der Waals surface area (Å²) in [4.78, 5) is 0. The molecule has 17 heteroatoms. The van der Waals surface area contributed by atoms with Gasteiger partial charge in [0.2, 0.25) is 0 Å². The van der Waals surface area contributed by atoms with Gasteiger partial charge in [-0.3, -0.25) is 0 Å². The van der Waals surface area contributed by atoms with E-state index in [1.165, 1.54) is 35.1 Å². The molecule has 2 aromatic rings. The molecule has 0 radical (unpaired) electrons. The van der Waals surface area contributed by atoms with Crippen LogP contribution in [-0.2, 0) is 32.8 Å². The average Bonchev–Trinajstić information content (AvgIpc) is 3.13. The van der Waals surface area contributed by atoms with Crippen LogP contribution in [0.1, 0.15) is 159 Å². The zero-order valence-corrected chi connectivity index (χ0v) is 40.9. The maximum absolute atomic E-state index is 11.3. The molecule has 0 fully saturated rings. The molecule has 0 aliphatic rings. The first-order valence-corrected chi connectivity index (χ1v) is 21.8. The van der Waals surface area contributed by atoms with Crippen molar-refractivity contribution in [1.82, 2.24) is 0 Å². The first-order chi connectivity index (χ1) is 28.6. The SMILES string of the molecule is C.C.C=C(F)F.C=COCCCC.CC(C)(C)O.CC(C)(O)C(F)(F)F.CC(C)c1cccc(C(C)C)c1[N]=[Mo]=[CH]C(C)(C)c1ccccc1.CCCCOC=C(F)F.FC(F)=C(F)F. The molecule has 382 valence electrons. The van der Waals surface area contributed by atoms with Gasteiger partial charge in [-0.1, -0.05) is 48.1 Å². The molecule has 0 saturated carbocycles. The number of benzene rings is 2. The second-order valence-corrected chi connectivity index (χ2v) is 17.2. The normalized spacial score (nSPS) is 10.2. The number of aliphatic hydroxyl groups is 2. The number of hydrogen-bond donors (Lipinski definition) is 2. The van der Waals surface area contributed by atoms with E-state index in [9.17, 15) is 48.3 Å². The van der Waals surface area contributed by atoms with Crippen molar-refractivity contribution in [3.63, 3.8) is 0 Å². The van der Waals surface area contributed by atoms with Crippen LogP contribution in [0.5, 0.6) is 0 Å². The van der Waals surface area contributed by atoms with Gasteiger partial charge < -0.3 is 19.7 Å². The Morgan fingerprint density at radius 3 is 1.32 bits per heavy atom. The Morgan fingerprint density at radius 1 is 0.692 bits per heavy atom. The van der Waals surface area contributed by atoms with Crippen LogP contribution >= 0.6 is 0 Å². The van der Waals surface area contributed by atoms with E-state index < -0.39 is 59.6 Å². The second kappa shape index (κ2) is 41.9. The maximum atomic E-state index is 11.3. The van der Waals surface area contributed by atoms with Crippen molar-refractivity contribution in [2.45, 2.75) is 165 Å². The number of nitrogens with zero attached hydrogens (tertiary/aromatic N) is 1. The van der Waals surface area contributed by atoms with Crippen molar-refractivity contribution in [1.29, 1.82) is 0 Å². The summed E-state index contributed by atoms with van der Waals surface area (Å²) < 4.78 is 135. The summed E-state index contributed by atoms with van der Waals surface area (Å²) in [6, 6.07) is 17.4. The third-order valence-electron chi connectivity index (χ3n) is 6.71. The monoisotopic (exact) mass is 1040 g/mol. The number of hydrogen-bond acceptors (Lipinski definition) is 5. The van der Waals surface area contributed by atoms with Crippen LogP contribution in [0.2, 0.25) is 0 Å². The van der Waals surface area contributed by atoms with Gasteiger partial charge in [0.05, 0.1) is 25.1 Å². The Bertz CT molecular complexity index is 1540. The van der Waals surface area contributed by atoms with Gasteiger partial charge in [-0.25, -0.2) is 0 Å². The van der Waals surface area contributed by atoms with Crippen molar-refractivity contribution in [2.75, 3.05) is 13.2 Å². The smallest absolute Gasteiger partial charge is 0.334 e. The zero-order valence-electron chi connectivity index (χ0n) is 38.9. The Kier molecular flexibility index (Phi) is 48.9. The van der Waals surface area contributed by atoms with Crippen LogP contribution in [0.4, 0.5) is 54.0 Å². The molecule has 0 atom stereocenters. The molecule has 2 N–H and O–H groups in total. The number of alkyl halides is 3. The van der Waals surface area contributed by atoms with Gasteiger partial charge >= 0.3 is 180 Å². The van der Waals surface area contributed by atoms with Gasteiger partial charge in [0.1, 0.15) is 6.26 Å². The first kappa shape index (κ1) is 75.8. The van der Waals surface area contributed by atoms with Gasteiger partial charge in [0.25, 0.3) is 6.08 Å². The Balaban J connectivity index is -0.000000137. The summed E-state index contributed by atoms with van der Waals surface area (Å²) in [5, 5.41) is 16.8. The fourth-order valence-corrected chi connectivity index (χ4v) is 5.31. The third kappa shape index (κ3) is 53.0. The van der Waals surface area contributed by atoms with Gasteiger partial charge in [-0.05, 0) is 54.0 Å². The van der Waals surface area contributed by atoms with Crippen molar-refractivity contribution < 1.29 is 85.9 Å². The summed E-state index contributed by atoms with van der Waals surface area (Å²) in [6.07, 6.45) is -7.86. The Morgan fingerprint density at radius 2 is 1.05 bits per heavy atom. The summed E-state index contributed by atoms with van der Waals surface area (Å²) in [6.45, 7) is 31.2. The standard InChI is InChI=1S/C12H17N.C10H12.C6H10F2O.C6H12O.C4H7F3O.C4H10O.C2F4.C2H2F2.2CH4.Mo/c1-8(2)10-6-5-7-11(9(3)4)12(10)13;1-10(2,3)9-7-5-4-6-8-9;1-2-3-4-9-5-6(7)8;1-3-5-6-7-4-2;1-3(2,8)4(5,6)7;1-4(2,3)5;3-1(4)2(5)6;1-2(3)4;;;/h5-9H,1-4H3;1,4-8H,2-3H3;5H,2-4H2,1H3;4H,2-3,5-6H2,1H3;8H,1-2H3;5H,1-3H3;;1H2;2*1H4;. The number of rotatable bonds is 13. The van der Waals surface area contributed by atoms with E-state index in [1.807, 2.05) is 6.92 Å². The number of halogens is 11. The molecule has 65 heavy (non-hydrogen) atoms. The molecule has 0 amide bonds. The van der Waals surface area contributed by atoms with E-state index >= 15 is 0 Å². The van der Waals surface area contributed by atoms with E-state index in [4.69, 9.17) is 18.4 Å². The molecule has 0 aliphatic carbocycles. The molecule has 2 aromatic carbocycles. The molecular weight excluding hydrogens is 959 g/mol. The van der Waals surface area contributed by atoms with E-state index in [0.717, 1.165) is 25.9 Å². The largest absolute Gasteiger partial charge is 0.496 e. The fraction of sp³-hybridized carbons (Fsp3) is 0.562. The van der Waals surface area contributed by atoms with Crippen LogP contribution < -0.4 is 0 Å². The minimum Gasteiger partial charge on any atom is -0.496 e. The summed E-state index contributed by atoms with van der Waals surface area (Å²) in [5.41, 5.74) is 2.41. The van der Waals surface area contributed by atoms with Crippen LogP contribution in [0, 0.1) is 0 Å². The van der Waals surface area contributed by atoms with E-state index in [0.29, 0.717) is 38.6 Å². The van der Waals surface area contributed by atoms with Gasteiger partial charge in [0, 0.05) is 0 Å². The number of unbranched alkanes of at least 4 members (excludes halogenated alkanes) is 2. The van der Waals surface area contributed by atoms with Crippen molar-refractivity contribution in [2.24, 2.45) is 3.50 Å². The van der Waals surface area contributed by atoms with Crippen LogP contribution in [0.25, 0.3) is 0 Å². The maximum Gasteiger partial charge on any atom is 0.334 e. The van der Waals surface area contributed by atoms with Gasteiger partial charge in [-0.15, -0.1) is 0 Å². The predicted octanol–water partition coefficient (Wildman–Crippen LogP) is 17.9. The van der Waals surface area contributed by atoms with E-state index in [2.05, 4.69) is 119 Å². The molecule has 0 unspecified atom stereocenters. The van der Waals surface area contributed by atoms with E-state index in [1.54, 1.807) is 20.8 Å². The minimum atomic E-state index is -4.51. The Hall–Kier alpha value is -3.49. The molecule has 0 aliphatic heterocycles. The average molecular weight is 1040 g/mol. The van der Waals surface area contributed by atoms with Gasteiger partial charge in [0.15, 0.2) is 5.60 Å². The molecule has 0 heterocycles. The zero-order chi connectivity index (χ0) is 50.6. The fourth-order valence-electron chi connectivity index (χ4n) is 3.42. The van der Waals surface area contributed by atoms with Crippen molar-refractivity contribution in [3.8, 4) is 0 Å². The molecular formula is C48H78F11MoNO4. The summed E-state index contributed by atoms with van der Waals surface area (Å²) in [5.74, 6) is 1.02.